The van der Waals surface area contributed by atoms with Gasteiger partial charge in [-0.15, -0.1) is 0 Å². The Labute approximate surface area is 340 Å². The molecule has 2 N–H and O–H groups in total. The molecule has 328 valence electrons. The number of esters is 2. The van der Waals surface area contributed by atoms with Crippen molar-refractivity contribution in [1.29, 1.82) is 0 Å². The van der Waals surface area contributed by atoms with E-state index in [9.17, 15) is 14.2 Å². The minimum Gasteiger partial charge on any atom is -0.462 e. The van der Waals surface area contributed by atoms with E-state index in [0.717, 1.165) is 38.0 Å². The number of hydrogen-bond donors (Lipinski definition) is 2. The Morgan fingerprint density at radius 3 is 1.09 bits per heavy atom. The lowest BCUT2D eigenvalue weighted by Crippen LogP contribution is -2.29. The van der Waals surface area contributed by atoms with Crippen molar-refractivity contribution < 1.29 is 37.9 Å². The molecule has 0 fully saturated rings. The second-order valence-electron chi connectivity index (χ2n) is 16.9. The highest BCUT2D eigenvalue weighted by Gasteiger charge is 2.23. The van der Waals surface area contributed by atoms with Gasteiger partial charge >= 0.3 is 19.8 Å². The van der Waals surface area contributed by atoms with Crippen LogP contribution in [0.25, 0.3) is 0 Å². The van der Waals surface area contributed by atoms with Crippen LogP contribution in [-0.2, 0) is 28.2 Å². The summed E-state index contributed by atoms with van der Waals surface area (Å²) in [5.74, 6) is -0.0260. The molecular weight excluding hydrogens is 711 g/mol. The summed E-state index contributed by atoms with van der Waals surface area (Å²) < 4.78 is 26.5. The maximum Gasteiger partial charge on any atom is 0.469 e. The summed E-state index contributed by atoms with van der Waals surface area (Å²) in [6.07, 6.45) is 44.0. The highest BCUT2D eigenvalue weighted by atomic mass is 31.2. The molecule has 0 rings (SSSR count). The molecule has 0 saturated heterocycles. The largest absolute Gasteiger partial charge is 0.469 e. The Bertz CT molecular complexity index is 876. The molecule has 0 spiro atoms. The van der Waals surface area contributed by atoms with Gasteiger partial charge in [-0.25, -0.2) is 4.57 Å². The van der Waals surface area contributed by atoms with Gasteiger partial charge in [0.15, 0.2) is 6.10 Å². The van der Waals surface area contributed by atoms with Crippen molar-refractivity contribution in [3.05, 3.63) is 0 Å². The minimum atomic E-state index is -4.75. The number of carbonyl (C=O) groups excluding carboxylic acids is 2. The Morgan fingerprint density at radius 1 is 0.455 bits per heavy atom. The minimum absolute atomic E-state index is 0.220. The third-order valence-electron chi connectivity index (χ3n) is 10.8. The Kier molecular flexibility index (Phi) is 40.5. The third kappa shape index (κ3) is 45.6. The first-order valence-corrected chi connectivity index (χ1v) is 25.2. The maximum absolute atomic E-state index is 12.4. The fourth-order valence-corrected chi connectivity index (χ4v) is 7.63. The molecule has 0 unspecified atom stereocenters. The van der Waals surface area contributed by atoms with Gasteiger partial charge in [0.25, 0.3) is 0 Å². The van der Waals surface area contributed by atoms with Crippen molar-refractivity contribution in [2.45, 2.75) is 264 Å². The van der Waals surface area contributed by atoms with E-state index in [1.807, 2.05) is 0 Å². The number of ether oxygens (including phenoxy) is 2. The number of carbonyl (C=O) groups is 2. The van der Waals surface area contributed by atoms with E-state index in [1.54, 1.807) is 0 Å². The van der Waals surface area contributed by atoms with E-state index in [0.29, 0.717) is 6.42 Å². The first-order chi connectivity index (χ1) is 26.6. The van der Waals surface area contributed by atoms with Gasteiger partial charge in [0, 0.05) is 12.8 Å². The van der Waals surface area contributed by atoms with Crippen LogP contribution < -0.4 is 0 Å². The first-order valence-electron chi connectivity index (χ1n) is 23.7. The molecule has 55 heavy (non-hydrogen) atoms. The van der Waals surface area contributed by atoms with E-state index >= 15 is 0 Å². The number of phosphoric acid groups is 1. The highest BCUT2D eigenvalue weighted by molar-refractivity contribution is 7.46. The van der Waals surface area contributed by atoms with Gasteiger partial charge in [0.05, 0.1) is 6.61 Å². The lowest BCUT2D eigenvalue weighted by Gasteiger charge is -2.18. The van der Waals surface area contributed by atoms with Crippen LogP contribution in [0.15, 0.2) is 0 Å². The predicted molar refractivity (Wildman–Crippen MR) is 230 cm³/mol. The van der Waals surface area contributed by atoms with E-state index in [4.69, 9.17) is 19.3 Å². The molecule has 0 aliphatic carbocycles. The van der Waals surface area contributed by atoms with Crippen molar-refractivity contribution in [2.75, 3.05) is 13.2 Å². The van der Waals surface area contributed by atoms with Crippen molar-refractivity contribution in [2.24, 2.45) is 5.92 Å². The van der Waals surface area contributed by atoms with Gasteiger partial charge in [-0.3, -0.25) is 14.1 Å². The molecule has 0 saturated carbocycles. The van der Waals surface area contributed by atoms with Crippen molar-refractivity contribution in [3.63, 3.8) is 0 Å². The molecule has 0 aliphatic rings. The molecule has 1 atom stereocenters. The zero-order valence-corrected chi connectivity index (χ0v) is 37.4. The molecule has 0 amide bonds. The third-order valence-corrected chi connectivity index (χ3v) is 11.3. The summed E-state index contributed by atoms with van der Waals surface area (Å²) in [6, 6.07) is 0. The maximum atomic E-state index is 12.4. The number of rotatable bonds is 44. The normalized spacial score (nSPS) is 12.4. The second-order valence-corrected chi connectivity index (χ2v) is 18.2. The van der Waals surface area contributed by atoms with Crippen LogP contribution in [0.3, 0.4) is 0 Å². The predicted octanol–water partition coefficient (Wildman–Crippen LogP) is 14.7. The number of unbranched alkanes of at least 4 members (excludes halogenated alkanes) is 32. The molecule has 0 aromatic heterocycles. The quantitative estimate of drug-likeness (QED) is 0.0355. The monoisotopic (exact) mass is 803 g/mol. The Balaban J connectivity index is 3.80. The smallest absolute Gasteiger partial charge is 0.462 e. The van der Waals surface area contributed by atoms with Gasteiger partial charge in [-0.1, -0.05) is 233 Å². The Morgan fingerprint density at radius 2 is 0.764 bits per heavy atom. The summed E-state index contributed by atoms with van der Waals surface area (Å²) in [7, 11) is -4.75. The average molecular weight is 803 g/mol. The highest BCUT2D eigenvalue weighted by Crippen LogP contribution is 2.36. The van der Waals surface area contributed by atoms with Crippen molar-refractivity contribution in [1.82, 2.24) is 0 Å². The van der Waals surface area contributed by atoms with Gasteiger partial charge in [-0.05, 0) is 18.8 Å². The summed E-state index contributed by atoms with van der Waals surface area (Å²) in [5, 5.41) is 0. The molecule has 0 radical (unpaired) electrons. The molecule has 0 aromatic rings. The molecule has 0 heterocycles. The summed E-state index contributed by atoms with van der Waals surface area (Å²) in [6.45, 7) is 6.09. The van der Waals surface area contributed by atoms with Crippen molar-refractivity contribution >= 4 is 19.8 Å². The van der Waals surface area contributed by atoms with E-state index < -0.39 is 32.5 Å². The second kappa shape index (κ2) is 41.2. The summed E-state index contributed by atoms with van der Waals surface area (Å²) in [4.78, 5) is 43.0. The fraction of sp³-hybridized carbons (Fsp3) is 0.957. The zero-order chi connectivity index (χ0) is 40.5. The lowest BCUT2D eigenvalue weighted by atomic mass is 10.0. The van der Waals surface area contributed by atoms with E-state index in [2.05, 4.69) is 25.3 Å². The van der Waals surface area contributed by atoms with Gasteiger partial charge in [-0.2, -0.15) is 0 Å². The first kappa shape index (κ1) is 54.0. The zero-order valence-electron chi connectivity index (χ0n) is 36.5. The summed E-state index contributed by atoms with van der Waals surface area (Å²) >= 11 is 0. The standard InChI is InChI=1S/C46H91O8P/c1-4-5-6-7-8-9-10-11-12-13-14-15-18-22-25-28-31-34-37-40-46(48)54-44(42-53-55(49,50)51)41-52-45(47)39-36-33-30-27-24-21-19-16-17-20-23-26-29-32-35-38-43(2)3/h43-44H,4-42H2,1-3H3,(H2,49,50,51)/t44-/m1/s1. The van der Waals surface area contributed by atoms with Crippen LogP contribution in [0.5, 0.6) is 0 Å². The molecule has 9 heteroatoms. The number of hydrogen-bond acceptors (Lipinski definition) is 6. The molecule has 8 nitrogen and oxygen atoms in total. The summed E-state index contributed by atoms with van der Waals surface area (Å²) in [5.41, 5.74) is 0. The van der Waals surface area contributed by atoms with E-state index in [-0.39, 0.29) is 19.4 Å². The van der Waals surface area contributed by atoms with Crippen LogP contribution >= 0.6 is 7.82 Å². The molecule has 0 bridgehead atoms. The van der Waals surface area contributed by atoms with Gasteiger partial charge in [0.1, 0.15) is 6.61 Å². The molecule has 0 aromatic carbocycles. The van der Waals surface area contributed by atoms with Crippen LogP contribution in [0, 0.1) is 5.92 Å². The molecular formula is C46H91O8P. The topological polar surface area (TPSA) is 119 Å². The van der Waals surface area contributed by atoms with Crippen LogP contribution in [-0.4, -0.2) is 41.0 Å². The average Bonchev–Trinajstić information content (AvgIpc) is 3.14. The molecule has 0 aliphatic heterocycles. The van der Waals surface area contributed by atoms with Crippen LogP contribution in [0.4, 0.5) is 0 Å². The number of phosphoric ester groups is 1. The fourth-order valence-electron chi connectivity index (χ4n) is 7.27. The SMILES string of the molecule is CCCCCCCCCCCCCCCCCCCCCC(=O)O[C@H](COC(=O)CCCCCCCCCCCCCCCCCC(C)C)COP(=O)(O)O. The Hall–Kier alpha value is -0.950. The van der Waals surface area contributed by atoms with Crippen LogP contribution in [0.2, 0.25) is 0 Å². The van der Waals surface area contributed by atoms with Crippen LogP contribution in [0.1, 0.15) is 258 Å². The van der Waals surface area contributed by atoms with E-state index in [1.165, 1.54) is 186 Å². The van der Waals surface area contributed by atoms with Gasteiger partial charge < -0.3 is 19.3 Å². The lowest BCUT2D eigenvalue weighted by molar-refractivity contribution is -0.161. The van der Waals surface area contributed by atoms with Gasteiger partial charge in [0.2, 0.25) is 0 Å². The van der Waals surface area contributed by atoms with Crippen molar-refractivity contribution in [3.8, 4) is 0 Å².